The topological polar surface area (TPSA) is 75.4 Å². The number of carbonyl (C=O) groups excluding carboxylic acids is 2. The van der Waals surface area contributed by atoms with E-state index in [4.69, 9.17) is 5.73 Å². The van der Waals surface area contributed by atoms with Gasteiger partial charge in [0, 0.05) is 12.2 Å². The first-order valence-electron chi connectivity index (χ1n) is 6.05. The third-order valence-corrected chi connectivity index (χ3v) is 3.16. The Bertz CT molecular complexity index is 473. The number of anilines is 1. The highest BCUT2D eigenvalue weighted by Gasteiger charge is 2.33. The lowest BCUT2D eigenvalue weighted by Crippen LogP contribution is -2.58. The Balaban J connectivity index is 2.39. The van der Waals surface area contributed by atoms with E-state index in [0.29, 0.717) is 13.0 Å². The molecular weight excluding hydrogens is 230 g/mol. The first kappa shape index (κ1) is 12.6. The molecule has 3 N–H and O–H groups in total. The van der Waals surface area contributed by atoms with Crippen molar-refractivity contribution in [1.82, 2.24) is 5.32 Å². The summed E-state index contributed by atoms with van der Waals surface area (Å²) in [7, 11) is 0. The van der Waals surface area contributed by atoms with Gasteiger partial charge in [-0.05, 0) is 18.1 Å². The van der Waals surface area contributed by atoms with E-state index in [2.05, 4.69) is 5.32 Å². The number of hydrogen-bond acceptors (Lipinski definition) is 4. The van der Waals surface area contributed by atoms with E-state index in [-0.39, 0.29) is 24.4 Å². The molecule has 18 heavy (non-hydrogen) atoms. The van der Waals surface area contributed by atoms with E-state index in [1.807, 2.05) is 36.1 Å². The van der Waals surface area contributed by atoms with Gasteiger partial charge >= 0.3 is 0 Å². The van der Waals surface area contributed by atoms with Crippen LogP contribution in [0.1, 0.15) is 18.9 Å². The normalized spacial score (nSPS) is 19.9. The quantitative estimate of drug-likeness (QED) is 0.757. The van der Waals surface area contributed by atoms with Gasteiger partial charge in [-0.1, -0.05) is 25.1 Å². The number of piperazine rings is 1. The molecule has 1 aliphatic heterocycles. The molecule has 2 amide bonds. The highest BCUT2D eigenvalue weighted by Crippen LogP contribution is 2.24. The minimum Gasteiger partial charge on any atom is -0.350 e. The molecule has 1 atom stereocenters. The van der Waals surface area contributed by atoms with E-state index in [0.717, 1.165) is 11.3 Å². The maximum atomic E-state index is 11.8. The molecule has 0 aliphatic carbocycles. The van der Waals surface area contributed by atoms with E-state index in [1.165, 1.54) is 0 Å². The SMILES string of the molecule is CCC1C(=O)NC(=O)CN1c1ccccc1CN. The molecule has 0 spiro atoms. The Kier molecular flexibility index (Phi) is 3.62. The molecular formula is C13H17N3O2. The van der Waals surface area contributed by atoms with Crippen molar-refractivity contribution >= 4 is 17.5 Å². The molecule has 96 valence electrons. The second-order valence-corrected chi connectivity index (χ2v) is 4.30. The van der Waals surface area contributed by atoms with Gasteiger partial charge in [-0.2, -0.15) is 0 Å². The Labute approximate surface area is 106 Å². The molecule has 1 fully saturated rings. The lowest BCUT2D eigenvalue weighted by molar-refractivity contribution is -0.132. The highest BCUT2D eigenvalue weighted by molar-refractivity contribution is 6.04. The number of amides is 2. The largest absolute Gasteiger partial charge is 0.350 e. The number of imide groups is 1. The molecule has 5 heteroatoms. The second-order valence-electron chi connectivity index (χ2n) is 4.30. The van der Waals surface area contributed by atoms with Crippen molar-refractivity contribution in [2.75, 3.05) is 11.4 Å². The zero-order valence-corrected chi connectivity index (χ0v) is 10.3. The number of nitrogens with zero attached hydrogens (tertiary/aromatic N) is 1. The number of para-hydroxylation sites is 1. The Morgan fingerprint density at radius 2 is 2.11 bits per heavy atom. The van der Waals surface area contributed by atoms with Gasteiger partial charge in [-0.15, -0.1) is 0 Å². The van der Waals surface area contributed by atoms with Gasteiger partial charge in [-0.25, -0.2) is 0 Å². The fourth-order valence-electron chi connectivity index (χ4n) is 2.29. The summed E-state index contributed by atoms with van der Waals surface area (Å²) < 4.78 is 0. The average molecular weight is 247 g/mol. The van der Waals surface area contributed by atoms with Gasteiger partial charge in [-0.3, -0.25) is 14.9 Å². The van der Waals surface area contributed by atoms with Crippen molar-refractivity contribution in [1.29, 1.82) is 0 Å². The summed E-state index contributed by atoms with van der Waals surface area (Å²) in [5.74, 6) is -0.503. The lowest BCUT2D eigenvalue weighted by atomic mass is 10.1. The summed E-state index contributed by atoms with van der Waals surface area (Å²) >= 11 is 0. The molecule has 0 bridgehead atoms. The second kappa shape index (κ2) is 5.18. The van der Waals surface area contributed by atoms with Crippen molar-refractivity contribution < 1.29 is 9.59 Å². The lowest BCUT2D eigenvalue weighted by Gasteiger charge is -2.36. The first-order valence-corrected chi connectivity index (χ1v) is 6.05. The van der Waals surface area contributed by atoms with E-state index >= 15 is 0 Å². The van der Waals surface area contributed by atoms with E-state index in [9.17, 15) is 9.59 Å². The molecule has 0 radical (unpaired) electrons. The zero-order valence-electron chi connectivity index (χ0n) is 10.3. The molecule has 0 saturated carbocycles. The van der Waals surface area contributed by atoms with Crippen molar-refractivity contribution in [3.05, 3.63) is 29.8 Å². The summed E-state index contributed by atoms with van der Waals surface area (Å²) in [6.07, 6.45) is 0.651. The predicted octanol–water partition coefficient (Wildman–Crippen LogP) is 0.387. The van der Waals surface area contributed by atoms with Crippen LogP contribution in [0.2, 0.25) is 0 Å². The molecule has 0 aromatic heterocycles. The number of carbonyl (C=O) groups is 2. The van der Waals surface area contributed by atoms with E-state index < -0.39 is 0 Å². The fourth-order valence-corrected chi connectivity index (χ4v) is 2.29. The molecule has 1 aromatic rings. The van der Waals surface area contributed by atoms with Crippen LogP contribution in [-0.4, -0.2) is 24.4 Å². The average Bonchev–Trinajstić information content (AvgIpc) is 2.38. The van der Waals surface area contributed by atoms with Crippen LogP contribution in [0.25, 0.3) is 0 Å². The summed E-state index contributed by atoms with van der Waals surface area (Å²) in [6.45, 7) is 2.51. The maximum absolute atomic E-state index is 11.8. The third kappa shape index (κ3) is 2.22. The number of nitrogens with one attached hydrogen (secondary N) is 1. The Hall–Kier alpha value is -1.88. The summed E-state index contributed by atoms with van der Waals surface area (Å²) in [4.78, 5) is 25.2. The van der Waals surface area contributed by atoms with Crippen LogP contribution in [0.15, 0.2) is 24.3 Å². The van der Waals surface area contributed by atoms with Crippen LogP contribution in [0.5, 0.6) is 0 Å². The molecule has 5 nitrogen and oxygen atoms in total. The Morgan fingerprint density at radius 1 is 1.39 bits per heavy atom. The minimum absolute atomic E-state index is 0.196. The van der Waals surface area contributed by atoms with Crippen molar-refractivity contribution in [2.24, 2.45) is 5.73 Å². The smallest absolute Gasteiger partial charge is 0.249 e. The monoisotopic (exact) mass is 247 g/mol. The third-order valence-electron chi connectivity index (χ3n) is 3.16. The van der Waals surface area contributed by atoms with Gasteiger partial charge in [0.05, 0.1) is 6.54 Å². The highest BCUT2D eigenvalue weighted by atomic mass is 16.2. The minimum atomic E-state index is -0.310. The summed E-state index contributed by atoms with van der Waals surface area (Å²) in [6, 6.07) is 7.29. The fraction of sp³-hybridized carbons (Fsp3) is 0.385. The van der Waals surface area contributed by atoms with Gasteiger partial charge < -0.3 is 10.6 Å². The molecule has 1 unspecified atom stereocenters. The zero-order chi connectivity index (χ0) is 13.1. The number of rotatable bonds is 3. The van der Waals surface area contributed by atoms with Crippen LogP contribution in [-0.2, 0) is 16.1 Å². The number of nitrogens with two attached hydrogens (primary N) is 1. The molecule has 1 heterocycles. The first-order chi connectivity index (χ1) is 8.67. The predicted molar refractivity (Wildman–Crippen MR) is 68.9 cm³/mol. The van der Waals surface area contributed by atoms with Gasteiger partial charge in [0.1, 0.15) is 6.04 Å². The van der Waals surface area contributed by atoms with Crippen LogP contribution >= 0.6 is 0 Å². The molecule has 1 aliphatic rings. The molecule has 1 saturated heterocycles. The summed E-state index contributed by atoms with van der Waals surface area (Å²) in [5, 5.41) is 2.37. The van der Waals surface area contributed by atoms with Gasteiger partial charge in [0.2, 0.25) is 11.8 Å². The Morgan fingerprint density at radius 3 is 2.78 bits per heavy atom. The van der Waals surface area contributed by atoms with Crippen molar-refractivity contribution in [3.8, 4) is 0 Å². The van der Waals surface area contributed by atoms with Crippen molar-refractivity contribution in [2.45, 2.75) is 25.9 Å². The summed E-state index contributed by atoms with van der Waals surface area (Å²) in [5.41, 5.74) is 7.51. The van der Waals surface area contributed by atoms with Crippen LogP contribution in [0.3, 0.4) is 0 Å². The molecule has 1 aromatic carbocycles. The maximum Gasteiger partial charge on any atom is 0.249 e. The van der Waals surface area contributed by atoms with Crippen LogP contribution < -0.4 is 16.0 Å². The standard InChI is InChI=1S/C13H17N3O2/c1-2-10-13(18)15-12(17)8-16(10)11-6-4-3-5-9(11)7-14/h3-6,10H,2,7-8,14H2,1H3,(H,15,17,18). The number of hydrogen-bond donors (Lipinski definition) is 2. The van der Waals surface area contributed by atoms with Crippen LogP contribution in [0.4, 0.5) is 5.69 Å². The van der Waals surface area contributed by atoms with E-state index in [1.54, 1.807) is 0 Å². The van der Waals surface area contributed by atoms with Gasteiger partial charge in [0.15, 0.2) is 0 Å². The van der Waals surface area contributed by atoms with Gasteiger partial charge in [0.25, 0.3) is 0 Å². The van der Waals surface area contributed by atoms with Crippen molar-refractivity contribution in [3.63, 3.8) is 0 Å². The number of benzene rings is 1. The molecule has 2 rings (SSSR count). The van der Waals surface area contributed by atoms with Crippen LogP contribution in [0, 0.1) is 0 Å².